The van der Waals surface area contributed by atoms with Crippen molar-refractivity contribution in [3.8, 4) is 0 Å². The molecule has 5 heteroatoms. The molecule has 1 fully saturated rings. The zero-order chi connectivity index (χ0) is 12.4. The minimum Gasteiger partial charge on any atom is -0.475 e. The van der Waals surface area contributed by atoms with Crippen LogP contribution in [0.3, 0.4) is 0 Å². The van der Waals surface area contributed by atoms with Gasteiger partial charge in [-0.3, -0.25) is 4.90 Å². The van der Waals surface area contributed by atoms with Crippen LogP contribution in [0.4, 0.5) is 0 Å². The number of nitrogens with two attached hydrogens (primary N) is 1. The summed E-state index contributed by atoms with van der Waals surface area (Å²) in [5.41, 5.74) is 5.65. The van der Waals surface area contributed by atoms with Crippen LogP contribution >= 0.6 is 0 Å². The zero-order valence-corrected chi connectivity index (χ0v) is 9.93. The summed E-state index contributed by atoms with van der Waals surface area (Å²) in [4.78, 5) is 13.0. The quantitative estimate of drug-likeness (QED) is 0.827. The lowest BCUT2D eigenvalue weighted by atomic mass is 10.1. The number of aromatic carboxylic acids is 1. The number of likely N-dealkylation sites (tertiary alicyclic amines) is 1. The van der Waals surface area contributed by atoms with Crippen molar-refractivity contribution in [1.82, 2.24) is 4.90 Å². The molecule has 0 spiro atoms. The molecule has 3 N–H and O–H groups in total. The van der Waals surface area contributed by atoms with E-state index in [4.69, 9.17) is 15.3 Å². The highest BCUT2D eigenvalue weighted by Gasteiger charge is 2.27. The molecule has 1 aromatic rings. The van der Waals surface area contributed by atoms with E-state index in [9.17, 15) is 4.79 Å². The first-order valence-corrected chi connectivity index (χ1v) is 5.89. The third kappa shape index (κ3) is 2.50. The second-order valence-corrected chi connectivity index (χ2v) is 4.57. The maximum atomic E-state index is 10.7. The third-order valence-electron chi connectivity index (χ3n) is 3.45. The number of hydrogen-bond donors (Lipinski definition) is 2. The number of hydrogen-bond acceptors (Lipinski definition) is 4. The van der Waals surface area contributed by atoms with Gasteiger partial charge < -0.3 is 15.3 Å². The minimum absolute atomic E-state index is 0.00132. The van der Waals surface area contributed by atoms with Crippen molar-refractivity contribution in [3.63, 3.8) is 0 Å². The highest BCUT2D eigenvalue weighted by atomic mass is 16.4. The number of nitrogens with zero attached hydrogens (tertiary/aromatic N) is 1. The van der Waals surface area contributed by atoms with E-state index in [0.717, 1.165) is 19.5 Å². The van der Waals surface area contributed by atoms with Crippen molar-refractivity contribution >= 4 is 5.97 Å². The molecule has 2 heterocycles. The standard InChI is InChI=1S/C12H18N2O3/c1-8(14-5-4-9(6-13)7-14)10-2-3-11(17-10)12(15)16/h2-3,8-9H,4-7,13H2,1H3,(H,15,16). The Morgan fingerprint density at radius 1 is 1.71 bits per heavy atom. The molecular formula is C12H18N2O3. The predicted molar refractivity (Wildman–Crippen MR) is 62.8 cm³/mol. The van der Waals surface area contributed by atoms with E-state index in [1.54, 1.807) is 6.07 Å². The average Bonchev–Trinajstić information content (AvgIpc) is 2.97. The highest BCUT2D eigenvalue weighted by molar-refractivity contribution is 5.84. The summed E-state index contributed by atoms with van der Waals surface area (Å²) in [5.74, 6) is 0.234. The molecule has 0 aromatic carbocycles. The van der Waals surface area contributed by atoms with Crippen molar-refractivity contribution in [3.05, 3.63) is 23.7 Å². The normalized spacial score (nSPS) is 22.8. The van der Waals surface area contributed by atoms with Crippen molar-refractivity contribution in [1.29, 1.82) is 0 Å². The number of carboxylic acids is 1. The molecule has 1 saturated heterocycles. The smallest absolute Gasteiger partial charge is 0.371 e. The maximum absolute atomic E-state index is 10.7. The molecule has 0 aliphatic carbocycles. The summed E-state index contributed by atoms with van der Waals surface area (Å²) in [6, 6.07) is 3.36. The Bertz CT molecular complexity index is 402. The molecule has 0 amide bonds. The number of furan rings is 1. The largest absolute Gasteiger partial charge is 0.475 e. The predicted octanol–water partition coefficient (Wildman–Crippen LogP) is 1.32. The zero-order valence-electron chi connectivity index (χ0n) is 9.93. The summed E-state index contributed by atoms with van der Waals surface area (Å²) in [5, 5.41) is 8.80. The van der Waals surface area contributed by atoms with Gasteiger partial charge in [-0.1, -0.05) is 0 Å². The van der Waals surface area contributed by atoms with Crippen molar-refractivity contribution < 1.29 is 14.3 Å². The summed E-state index contributed by atoms with van der Waals surface area (Å²) < 4.78 is 5.32. The molecule has 0 saturated carbocycles. The summed E-state index contributed by atoms with van der Waals surface area (Å²) >= 11 is 0. The molecule has 0 bridgehead atoms. The van der Waals surface area contributed by atoms with E-state index >= 15 is 0 Å². The van der Waals surface area contributed by atoms with Gasteiger partial charge in [0.1, 0.15) is 5.76 Å². The van der Waals surface area contributed by atoms with Gasteiger partial charge in [0, 0.05) is 6.54 Å². The fourth-order valence-electron chi connectivity index (χ4n) is 2.28. The van der Waals surface area contributed by atoms with Gasteiger partial charge in [-0.15, -0.1) is 0 Å². The van der Waals surface area contributed by atoms with Gasteiger partial charge >= 0.3 is 5.97 Å². The Hall–Kier alpha value is -1.33. The molecule has 1 aliphatic heterocycles. The van der Waals surface area contributed by atoms with Crippen LogP contribution < -0.4 is 5.73 Å². The third-order valence-corrected chi connectivity index (χ3v) is 3.45. The van der Waals surface area contributed by atoms with Gasteiger partial charge in [0.05, 0.1) is 6.04 Å². The maximum Gasteiger partial charge on any atom is 0.371 e. The first kappa shape index (κ1) is 12.1. The Balaban J connectivity index is 2.04. The first-order chi connectivity index (χ1) is 8.11. The average molecular weight is 238 g/mol. The number of rotatable bonds is 4. The van der Waals surface area contributed by atoms with E-state index in [0.29, 0.717) is 18.2 Å². The van der Waals surface area contributed by atoms with Gasteiger partial charge in [0.2, 0.25) is 5.76 Å². The first-order valence-electron chi connectivity index (χ1n) is 5.89. The van der Waals surface area contributed by atoms with E-state index in [2.05, 4.69) is 4.90 Å². The molecule has 2 atom stereocenters. The SMILES string of the molecule is CC(c1ccc(C(=O)O)o1)N1CCC(CN)C1. The van der Waals surface area contributed by atoms with Crippen molar-refractivity contribution in [2.75, 3.05) is 19.6 Å². The molecular weight excluding hydrogens is 220 g/mol. The van der Waals surface area contributed by atoms with Gasteiger partial charge in [0.15, 0.2) is 0 Å². The van der Waals surface area contributed by atoms with Gasteiger partial charge in [0.25, 0.3) is 0 Å². The summed E-state index contributed by atoms with van der Waals surface area (Å²) in [6.07, 6.45) is 1.10. The molecule has 0 radical (unpaired) electrons. The lowest BCUT2D eigenvalue weighted by Crippen LogP contribution is -2.25. The van der Waals surface area contributed by atoms with E-state index in [1.165, 1.54) is 6.07 Å². The fourth-order valence-corrected chi connectivity index (χ4v) is 2.28. The Morgan fingerprint density at radius 2 is 2.47 bits per heavy atom. The van der Waals surface area contributed by atoms with Crippen molar-refractivity contribution in [2.24, 2.45) is 11.7 Å². The van der Waals surface area contributed by atoms with Crippen LogP contribution in [0, 0.1) is 5.92 Å². The number of carboxylic acid groups (broad SMARTS) is 1. The molecule has 2 unspecified atom stereocenters. The second-order valence-electron chi connectivity index (χ2n) is 4.57. The molecule has 17 heavy (non-hydrogen) atoms. The molecule has 5 nitrogen and oxygen atoms in total. The fraction of sp³-hybridized carbons (Fsp3) is 0.583. The Morgan fingerprint density at radius 3 is 3.00 bits per heavy atom. The van der Waals surface area contributed by atoms with Gasteiger partial charge in [-0.2, -0.15) is 0 Å². The number of carbonyl (C=O) groups is 1. The van der Waals surface area contributed by atoms with E-state index in [1.807, 2.05) is 6.92 Å². The monoisotopic (exact) mass is 238 g/mol. The van der Waals surface area contributed by atoms with Gasteiger partial charge in [-0.05, 0) is 44.5 Å². The van der Waals surface area contributed by atoms with Crippen LogP contribution in [0.2, 0.25) is 0 Å². The van der Waals surface area contributed by atoms with Crippen LogP contribution in [-0.2, 0) is 0 Å². The van der Waals surface area contributed by atoms with Crippen LogP contribution in [0.15, 0.2) is 16.5 Å². The molecule has 94 valence electrons. The minimum atomic E-state index is -1.02. The summed E-state index contributed by atoms with van der Waals surface area (Å²) in [7, 11) is 0. The highest BCUT2D eigenvalue weighted by Crippen LogP contribution is 2.28. The van der Waals surface area contributed by atoms with Gasteiger partial charge in [-0.25, -0.2) is 4.79 Å². The van der Waals surface area contributed by atoms with Crippen LogP contribution in [-0.4, -0.2) is 35.6 Å². The van der Waals surface area contributed by atoms with Crippen LogP contribution in [0.5, 0.6) is 0 Å². The lowest BCUT2D eigenvalue weighted by molar-refractivity contribution is 0.0656. The Labute approximate surface area is 100 Å². The Kier molecular flexibility index (Phi) is 3.49. The summed E-state index contributed by atoms with van der Waals surface area (Å²) in [6.45, 7) is 4.69. The van der Waals surface area contributed by atoms with Crippen LogP contribution in [0.1, 0.15) is 35.7 Å². The topological polar surface area (TPSA) is 79.7 Å². The van der Waals surface area contributed by atoms with Crippen LogP contribution in [0.25, 0.3) is 0 Å². The molecule has 1 aromatic heterocycles. The second kappa shape index (κ2) is 4.89. The van der Waals surface area contributed by atoms with E-state index < -0.39 is 5.97 Å². The van der Waals surface area contributed by atoms with Crippen molar-refractivity contribution in [2.45, 2.75) is 19.4 Å². The molecule has 2 rings (SSSR count). The van der Waals surface area contributed by atoms with E-state index in [-0.39, 0.29) is 11.8 Å². The molecule has 1 aliphatic rings. The lowest BCUT2D eigenvalue weighted by Gasteiger charge is -2.22.